The summed E-state index contributed by atoms with van der Waals surface area (Å²) >= 11 is 0. The highest BCUT2D eigenvalue weighted by Crippen LogP contribution is 2.20. The Morgan fingerprint density at radius 1 is 0.296 bits per heavy atom. The molecule has 0 aliphatic carbocycles. The Morgan fingerprint density at radius 2 is 0.506 bits per heavy atom. The van der Waals surface area contributed by atoms with Gasteiger partial charge in [-0.15, -0.1) is 0 Å². The molecule has 0 aliphatic rings. The average Bonchev–Trinajstić information content (AvgIpc) is 3.47. The summed E-state index contributed by atoms with van der Waals surface area (Å²) in [7, 11) is 0. The van der Waals surface area contributed by atoms with E-state index in [1.165, 1.54) is 372 Å². The van der Waals surface area contributed by atoms with Gasteiger partial charge in [0.2, 0.25) is 5.91 Å². The Morgan fingerprint density at radius 3 is 0.753 bits per heavy atom. The molecular formula is C75H149NO5. The third-order valence-electron chi connectivity index (χ3n) is 18.2. The van der Waals surface area contributed by atoms with Gasteiger partial charge in [-0.1, -0.05) is 406 Å². The van der Waals surface area contributed by atoms with E-state index in [2.05, 4.69) is 19.2 Å². The monoisotopic (exact) mass is 1140 g/mol. The second-order valence-electron chi connectivity index (χ2n) is 26.4. The van der Waals surface area contributed by atoms with Gasteiger partial charge in [0.05, 0.1) is 25.4 Å². The zero-order valence-corrected chi connectivity index (χ0v) is 55.6. The van der Waals surface area contributed by atoms with Crippen molar-refractivity contribution in [2.45, 2.75) is 456 Å². The minimum absolute atomic E-state index is 0.0276. The summed E-state index contributed by atoms with van der Waals surface area (Å²) in [5.41, 5.74) is 0. The van der Waals surface area contributed by atoms with Crippen LogP contribution in [0.2, 0.25) is 0 Å². The topological polar surface area (TPSA) is 95.9 Å². The number of amides is 1. The number of hydrogen-bond acceptors (Lipinski definition) is 5. The van der Waals surface area contributed by atoms with Crippen LogP contribution in [0, 0.1) is 0 Å². The zero-order chi connectivity index (χ0) is 58.5. The molecule has 3 N–H and O–H groups in total. The fourth-order valence-corrected chi connectivity index (χ4v) is 12.4. The first-order valence-electron chi connectivity index (χ1n) is 37.8. The molecule has 0 spiro atoms. The maximum Gasteiger partial charge on any atom is 0.305 e. The van der Waals surface area contributed by atoms with Crippen LogP contribution in [0.1, 0.15) is 444 Å². The largest absolute Gasteiger partial charge is 0.466 e. The third-order valence-corrected chi connectivity index (χ3v) is 18.2. The quantitative estimate of drug-likeness (QED) is 0.0417. The number of hydrogen-bond donors (Lipinski definition) is 3. The Balaban J connectivity index is 3.27. The molecule has 2 unspecified atom stereocenters. The number of carbonyl (C=O) groups excluding carboxylic acids is 2. The molecule has 484 valence electrons. The van der Waals surface area contributed by atoms with Crippen LogP contribution in [0.5, 0.6) is 0 Å². The number of nitrogens with one attached hydrogen (secondary N) is 1. The van der Waals surface area contributed by atoms with Crippen LogP contribution in [0.15, 0.2) is 0 Å². The molecule has 2 atom stereocenters. The molecule has 1 amide bonds. The van der Waals surface area contributed by atoms with Gasteiger partial charge in [0, 0.05) is 12.8 Å². The van der Waals surface area contributed by atoms with Gasteiger partial charge in [0.15, 0.2) is 0 Å². The lowest BCUT2D eigenvalue weighted by Gasteiger charge is -2.22. The average molecular weight is 1150 g/mol. The van der Waals surface area contributed by atoms with Crippen molar-refractivity contribution in [1.82, 2.24) is 5.32 Å². The summed E-state index contributed by atoms with van der Waals surface area (Å²) in [5.74, 6) is 0.000233. The Kier molecular flexibility index (Phi) is 70.3. The highest BCUT2D eigenvalue weighted by atomic mass is 16.5. The fourth-order valence-electron chi connectivity index (χ4n) is 12.4. The molecule has 0 aromatic heterocycles. The molecule has 0 rings (SSSR count). The smallest absolute Gasteiger partial charge is 0.305 e. The van der Waals surface area contributed by atoms with Gasteiger partial charge in [0.1, 0.15) is 0 Å². The van der Waals surface area contributed by atoms with E-state index in [0.29, 0.717) is 25.9 Å². The first-order valence-corrected chi connectivity index (χ1v) is 37.8. The Labute approximate surface area is 508 Å². The van der Waals surface area contributed by atoms with Gasteiger partial charge >= 0.3 is 5.97 Å². The van der Waals surface area contributed by atoms with Crippen molar-refractivity contribution in [2.75, 3.05) is 13.2 Å². The Hall–Kier alpha value is -1.14. The molecular weight excluding hydrogens is 995 g/mol. The van der Waals surface area contributed by atoms with Crippen LogP contribution < -0.4 is 5.32 Å². The number of aliphatic hydroxyl groups excluding tert-OH is 2. The number of unbranched alkanes of at least 4 members (excludes halogenated alkanes) is 61. The molecule has 0 aromatic rings. The SMILES string of the molecule is CCCCCCCCCCCCCCCCCCCCCC(=O)OCCCCCCCCCCCCCCCCCCCCCCCCCCCCCCCCCCCC(=O)NC(CO)C(O)CCCCCCCCCCCCCC. The molecule has 0 saturated heterocycles. The lowest BCUT2D eigenvalue weighted by atomic mass is 10.0. The maximum absolute atomic E-state index is 12.5. The molecule has 6 heteroatoms. The van der Waals surface area contributed by atoms with Crippen molar-refractivity contribution in [3.05, 3.63) is 0 Å². The predicted octanol–water partition coefficient (Wildman–Crippen LogP) is 24.5. The first-order chi connectivity index (χ1) is 40.0. The van der Waals surface area contributed by atoms with Crippen molar-refractivity contribution in [3.63, 3.8) is 0 Å². The minimum Gasteiger partial charge on any atom is -0.466 e. The molecule has 0 saturated carbocycles. The second-order valence-corrected chi connectivity index (χ2v) is 26.4. The van der Waals surface area contributed by atoms with Crippen LogP contribution in [0.3, 0.4) is 0 Å². The summed E-state index contributed by atoms with van der Waals surface area (Å²) in [6, 6.07) is -0.535. The highest BCUT2D eigenvalue weighted by molar-refractivity contribution is 5.76. The number of esters is 1. The van der Waals surface area contributed by atoms with Crippen LogP contribution >= 0.6 is 0 Å². The van der Waals surface area contributed by atoms with Crippen molar-refractivity contribution < 1.29 is 24.5 Å². The van der Waals surface area contributed by atoms with E-state index in [1.807, 2.05) is 0 Å². The van der Waals surface area contributed by atoms with Crippen LogP contribution in [-0.2, 0) is 14.3 Å². The van der Waals surface area contributed by atoms with E-state index >= 15 is 0 Å². The molecule has 0 aromatic carbocycles. The van der Waals surface area contributed by atoms with Gasteiger partial charge in [-0.25, -0.2) is 0 Å². The van der Waals surface area contributed by atoms with Crippen molar-refractivity contribution in [1.29, 1.82) is 0 Å². The number of rotatable bonds is 72. The van der Waals surface area contributed by atoms with Crippen molar-refractivity contribution >= 4 is 11.9 Å². The van der Waals surface area contributed by atoms with Crippen molar-refractivity contribution in [2.24, 2.45) is 0 Å². The van der Waals surface area contributed by atoms with Crippen LogP contribution in [0.25, 0.3) is 0 Å². The third kappa shape index (κ3) is 67.9. The maximum atomic E-state index is 12.5. The predicted molar refractivity (Wildman–Crippen MR) is 357 cm³/mol. The molecule has 0 heterocycles. The summed E-state index contributed by atoms with van der Waals surface area (Å²) in [5, 5.41) is 23.3. The molecule has 6 nitrogen and oxygen atoms in total. The first kappa shape index (κ1) is 79.9. The molecule has 0 fully saturated rings. The van der Waals surface area contributed by atoms with E-state index in [-0.39, 0.29) is 18.5 Å². The van der Waals surface area contributed by atoms with Gasteiger partial charge in [-0.05, 0) is 25.7 Å². The number of aliphatic hydroxyl groups is 2. The fraction of sp³-hybridized carbons (Fsp3) is 0.973. The highest BCUT2D eigenvalue weighted by Gasteiger charge is 2.20. The lowest BCUT2D eigenvalue weighted by Crippen LogP contribution is -2.45. The van der Waals surface area contributed by atoms with Crippen LogP contribution in [0.4, 0.5) is 0 Å². The summed E-state index contributed by atoms with van der Waals surface area (Å²) in [4.78, 5) is 24.6. The Bertz CT molecular complexity index is 1180. The molecule has 0 radical (unpaired) electrons. The van der Waals surface area contributed by atoms with Gasteiger partial charge in [-0.3, -0.25) is 9.59 Å². The normalized spacial score (nSPS) is 12.4. The minimum atomic E-state index is -0.659. The standard InChI is InChI=1S/C75H149NO5/c1-3-5-7-9-11-13-15-17-18-19-35-39-42-45-49-53-57-61-65-69-75(80)81-70-66-62-58-54-50-46-43-40-37-34-32-30-28-26-24-22-20-21-23-25-27-29-31-33-36-38-41-44-48-52-56-60-64-68-74(79)76-72(71-77)73(78)67-63-59-55-51-47-16-14-12-10-8-6-4-2/h72-73,77-78H,3-71H2,1-2H3,(H,76,79). The van der Waals surface area contributed by atoms with Crippen molar-refractivity contribution in [3.8, 4) is 0 Å². The molecule has 0 aliphatic heterocycles. The van der Waals surface area contributed by atoms with Gasteiger partial charge < -0.3 is 20.3 Å². The molecule has 81 heavy (non-hydrogen) atoms. The van der Waals surface area contributed by atoms with Crippen LogP contribution in [-0.4, -0.2) is 47.4 Å². The van der Waals surface area contributed by atoms with E-state index in [4.69, 9.17) is 4.74 Å². The summed E-state index contributed by atoms with van der Waals surface area (Å²) < 4.78 is 5.52. The van der Waals surface area contributed by atoms with Gasteiger partial charge in [0.25, 0.3) is 0 Å². The lowest BCUT2D eigenvalue weighted by molar-refractivity contribution is -0.143. The summed E-state index contributed by atoms with van der Waals surface area (Å²) in [6.45, 7) is 5.00. The number of carbonyl (C=O) groups is 2. The molecule has 0 bridgehead atoms. The summed E-state index contributed by atoms with van der Waals surface area (Å²) in [6.07, 6.45) is 87.6. The zero-order valence-electron chi connectivity index (χ0n) is 55.6. The number of ether oxygens (including phenoxy) is 1. The van der Waals surface area contributed by atoms with Gasteiger partial charge in [-0.2, -0.15) is 0 Å². The van der Waals surface area contributed by atoms with E-state index < -0.39 is 12.1 Å². The van der Waals surface area contributed by atoms with E-state index in [0.717, 1.165) is 38.5 Å². The van der Waals surface area contributed by atoms with E-state index in [9.17, 15) is 19.8 Å². The van der Waals surface area contributed by atoms with E-state index in [1.54, 1.807) is 0 Å². The second kappa shape index (κ2) is 71.3.